The Morgan fingerprint density at radius 3 is 2.38 bits per heavy atom. The number of aromatic nitrogens is 2. The summed E-state index contributed by atoms with van der Waals surface area (Å²) in [6, 6.07) is 2.94. The molecule has 1 unspecified atom stereocenters. The van der Waals surface area contributed by atoms with Gasteiger partial charge in [0.25, 0.3) is 11.9 Å². The van der Waals surface area contributed by atoms with Crippen LogP contribution in [0, 0.1) is 0 Å². The maximum Gasteiger partial charge on any atom is 0.437 e. The Morgan fingerprint density at radius 2 is 1.77 bits per heavy atom. The number of hydrogen-bond donors (Lipinski definition) is 1. The predicted molar refractivity (Wildman–Crippen MR) is 134 cm³/mol. The number of nitrogens with one attached hydrogen (secondary N) is 1. The van der Waals surface area contributed by atoms with Gasteiger partial charge in [0.05, 0.1) is 18.0 Å². The number of amides is 2. The quantitative estimate of drug-likeness (QED) is 0.572. The summed E-state index contributed by atoms with van der Waals surface area (Å²) >= 11 is 0. The number of methoxy groups -OCH3 is 1. The molecule has 0 radical (unpaired) electrons. The molecule has 0 bridgehead atoms. The van der Waals surface area contributed by atoms with E-state index in [9.17, 15) is 22.8 Å². The first-order valence-electron chi connectivity index (χ1n) is 13.0. The zero-order valence-electron chi connectivity index (χ0n) is 21.6. The van der Waals surface area contributed by atoms with Gasteiger partial charge >= 0.3 is 12.3 Å². The molecular weight excluding hydrogens is 521 g/mol. The van der Waals surface area contributed by atoms with Crippen molar-refractivity contribution in [1.29, 1.82) is 0 Å². The minimum Gasteiger partial charge on any atom is -0.446 e. The van der Waals surface area contributed by atoms with E-state index in [0.717, 1.165) is 25.7 Å². The van der Waals surface area contributed by atoms with E-state index in [1.165, 1.54) is 18.2 Å². The highest BCUT2D eigenvalue weighted by Crippen LogP contribution is 2.35. The molecule has 1 atom stereocenters. The van der Waals surface area contributed by atoms with Gasteiger partial charge in [0, 0.05) is 46.4 Å². The lowest BCUT2D eigenvalue weighted by atomic mass is 10.3. The van der Waals surface area contributed by atoms with Gasteiger partial charge in [-0.3, -0.25) is 4.79 Å². The van der Waals surface area contributed by atoms with Crippen LogP contribution in [-0.2, 0) is 15.7 Å². The molecule has 1 N–H and O–H groups in total. The van der Waals surface area contributed by atoms with Crippen LogP contribution in [0.25, 0.3) is 0 Å². The van der Waals surface area contributed by atoms with Crippen molar-refractivity contribution in [2.24, 2.45) is 0 Å². The number of nitrogens with zero attached hydrogens (tertiary/aromatic N) is 5. The fourth-order valence-electron chi connectivity index (χ4n) is 5.06. The van der Waals surface area contributed by atoms with Gasteiger partial charge in [-0.05, 0) is 44.2 Å². The second-order valence-corrected chi connectivity index (χ2v) is 9.89. The van der Waals surface area contributed by atoms with Crippen LogP contribution in [0.4, 0.5) is 35.5 Å². The van der Waals surface area contributed by atoms with Gasteiger partial charge in [0.2, 0.25) is 5.76 Å². The summed E-state index contributed by atoms with van der Waals surface area (Å²) in [4.78, 5) is 38.3. The zero-order chi connectivity index (χ0) is 27.6. The van der Waals surface area contributed by atoms with Crippen molar-refractivity contribution in [3.8, 4) is 0 Å². The third-order valence-electron chi connectivity index (χ3n) is 7.28. The summed E-state index contributed by atoms with van der Waals surface area (Å²) in [6.45, 7) is 2.79. The molecule has 14 heteroatoms. The first-order valence-corrected chi connectivity index (χ1v) is 13.0. The SMILES string of the molecule is COC1CCN(c2nc(C(F)(F)F)c(C(=O)Nc3ccc(N4CCN(C(=O)OC5CCCC5)CC4)nc3)o2)C1. The monoisotopic (exact) mass is 552 g/mol. The topological polar surface area (TPSA) is 113 Å². The average molecular weight is 553 g/mol. The summed E-state index contributed by atoms with van der Waals surface area (Å²) in [5.74, 6) is -1.37. The number of piperazine rings is 1. The van der Waals surface area contributed by atoms with Crippen LogP contribution < -0.4 is 15.1 Å². The molecule has 0 aromatic carbocycles. The van der Waals surface area contributed by atoms with Crippen molar-refractivity contribution < 1.29 is 36.7 Å². The van der Waals surface area contributed by atoms with E-state index in [-0.39, 0.29) is 30.0 Å². The van der Waals surface area contributed by atoms with Gasteiger partial charge in [0.15, 0.2) is 5.69 Å². The Morgan fingerprint density at radius 1 is 1.03 bits per heavy atom. The molecule has 1 saturated carbocycles. The van der Waals surface area contributed by atoms with Crippen molar-refractivity contribution in [3.63, 3.8) is 0 Å². The molecule has 0 spiro atoms. The van der Waals surface area contributed by atoms with E-state index in [4.69, 9.17) is 13.9 Å². The minimum absolute atomic E-state index is 0.0129. The molecule has 1 aliphatic carbocycles. The van der Waals surface area contributed by atoms with Gasteiger partial charge < -0.3 is 33.9 Å². The number of ether oxygens (including phenoxy) is 2. The fraction of sp³-hybridized carbons (Fsp3) is 0.600. The largest absolute Gasteiger partial charge is 0.446 e. The van der Waals surface area contributed by atoms with Crippen molar-refractivity contribution in [2.45, 2.75) is 50.5 Å². The number of oxazole rings is 1. The zero-order valence-corrected chi connectivity index (χ0v) is 21.6. The smallest absolute Gasteiger partial charge is 0.437 e. The lowest BCUT2D eigenvalue weighted by Gasteiger charge is -2.35. The van der Waals surface area contributed by atoms with Crippen molar-refractivity contribution in [1.82, 2.24) is 14.9 Å². The number of carbonyl (C=O) groups is 2. The van der Waals surface area contributed by atoms with Crippen LogP contribution in [-0.4, -0.2) is 85.5 Å². The summed E-state index contributed by atoms with van der Waals surface area (Å²) in [6.07, 6.45) is 0.687. The van der Waals surface area contributed by atoms with E-state index < -0.39 is 23.5 Å². The summed E-state index contributed by atoms with van der Waals surface area (Å²) < 4.78 is 57.0. The normalized spacial score (nSPS) is 20.5. The molecule has 2 saturated heterocycles. The molecule has 212 valence electrons. The van der Waals surface area contributed by atoms with E-state index in [1.54, 1.807) is 17.0 Å². The van der Waals surface area contributed by atoms with Crippen LogP contribution in [0.3, 0.4) is 0 Å². The Balaban J connectivity index is 1.19. The standard InChI is InChI=1S/C25H31F3N6O5/c1-37-18-8-9-34(15-18)23-31-21(25(26,27)28)20(39-23)22(35)30-16-6-7-19(29-14-16)32-10-12-33(13-11-32)24(36)38-17-4-2-3-5-17/h6-7,14,17-18H,2-5,8-13,15H2,1H3,(H,30,35). The maximum absolute atomic E-state index is 13.6. The Hall–Kier alpha value is -3.55. The number of alkyl halides is 3. The third kappa shape index (κ3) is 6.21. The number of pyridine rings is 1. The van der Waals surface area contributed by atoms with E-state index in [0.29, 0.717) is 51.5 Å². The number of carbonyl (C=O) groups excluding carboxylic acids is 2. The van der Waals surface area contributed by atoms with Crippen LogP contribution in [0.1, 0.15) is 48.4 Å². The van der Waals surface area contributed by atoms with Gasteiger partial charge in [-0.25, -0.2) is 9.78 Å². The molecule has 5 rings (SSSR count). The molecule has 11 nitrogen and oxygen atoms in total. The van der Waals surface area contributed by atoms with Gasteiger partial charge in [0.1, 0.15) is 11.9 Å². The predicted octanol–water partition coefficient (Wildman–Crippen LogP) is 3.77. The highest BCUT2D eigenvalue weighted by molar-refractivity contribution is 6.03. The number of rotatable bonds is 6. The van der Waals surface area contributed by atoms with Crippen molar-refractivity contribution in [2.75, 3.05) is 61.5 Å². The molecule has 3 fully saturated rings. The Kier molecular flexibility index (Phi) is 7.82. The molecule has 4 heterocycles. The first kappa shape index (κ1) is 27.0. The molecule has 39 heavy (non-hydrogen) atoms. The highest BCUT2D eigenvalue weighted by Gasteiger charge is 2.42. The average Bonchev–Trinajstić information content (AvgIpc) is 3.69. The first-order chi connectivity index (χ1) is 18.7. The summed E-state index contributed by atoms with van der Waals surface area (Å²) in [5.41, 5.74) is -1.18. The second kappa shape index (κ2) is 11.3. The fourth-order valence-corrected chi connectivity index (χ4v) is 5.06. The lowest BCUT2D eigenvalue weighted by molar-refractivity contribution is -0.141. The Labute approximate surface area is 223 Å². The van der Waals surface area contributed by atoms with Crippen LogP contribution >= 0.6 is 0 Å². The van der Waals surface area contributed by atoms with Crippen LogP contribution in [0.5, 0.6) is 0 Å². The lowest BCUT2D eigenvalue weighted by Crippen LogP contribution is -2.49. The van der Waals surface area contributed by atoms with Crippen LogP contribution in [0.15, 0.2) is 22.7 Å². The second-order valence-electron chi connectivity index (χ2n) is 9.89. The van der Waals surface area contributed by atoms with E-state index in [1.807, 2.05) is 4.90 Å². The van der Waals surface area contributed by atoms with Crippen molar-refractivity contribution >= 4 is 29.5 Å². The maximum atomic E-state index is 13.6. The molecule has 2 aromatic heterocycles. The number of halogens is 3. The van der Waals surface area contributed by atoms with E-state index in [2.05, 4.69) is 15.3 Å². The molecule has 3 aliphatic rings. The highest BCUT2D eigenvalue weighted by atomic mass is 19.4. The molecule has 2 amide bonds. The van der Waals surface area contributed by atoms with Gasteiger partial charge in [-0.1, -0.05) is 0 Å². The molecule has 2 aliphatic heterocycles. The van der Waals surface area contributed by atoms with Crippen molar-refractivity contribution in [3.05, 3.63) is 29.8 Å². The van der Waals surface area contributed by atoms with Gasteiger partial charge in [-0.15, -0.1) is 0 Å². The molecular formula is C25H31F3N6O5. The molecule has 2 aromatic rings. The minimum atomic E-state index is -4.87. The van der Waals surface area contributed by atoms with Gasteiger partial charge in [-0.2, -0.15) is 18.2 Å². The Bertz CT molecular complexity index is 1160. The van der Waals surface area contributed by atoms with Crippen LogP contribution in [0.2, 0.25) is 0 Å². The van der Waals surface area contributed by atoms with E-state index >= 15 is 0 Å². The summed E-state index contributed by atoms with van der Waals surface area (Å²) in [5, 5.41) is 2.41. The number of anilines is 3. The third-order valence-corrected chi connectivity index (χ3v) is 7.28. The summed E-state index contributed by atoms with van der Waals surface area (Å²) in [7, 11) is 1.52. The number of hydrogen-bond acceptors (Lipinski definition) is 9.